The van der Waals surface area contributed by atoms with Crippen molar-refractivity contribution in [2.75, 3.05) is 13.7 Å². The predicted octanol–water partition coefficient (Wildman–Crippen LogP) is 2.32. The number of nitrogens with zero attached hydrogens (tertiary/aromatic N) is 1. The Morgan fingerprint density at radius 1 is 1.30 bits per heavy atom. The number of hydrogen-bond acceptors (Lipinski definition) is 4. The average molecular weight is 273 g/mol. The Kier molecular flexibility index (Phi) is 6.82. The number of hydrogen-bond donors (Lipinski definition) is 0. The summed E-state index contributed by atoms with van der Waals surface area (Å²) >= 11 is 0. The third kappa shape index (κ3) is 5.10. The minimum absolute atomic E-state index is 0.00735. The van der Waals surface area contributed by atoms with Crippen LogP contribution in [0.1, 0.15) is 12.5 Å². The van der Waals surface area contributed by atoms with E-state index >= 15 is 0 Å². The molecule has 0 atom stereocenters. The van der Waals surface area contributed by atoms with Crippen molar-refractivity contribution in [1.82, 2.24) is 4.90 Å². The van der Waals surface area contributed by atoms with E-state index in [9.17, 15) is 9.59 Å². The number of rotatable bonds is 7. The Morgan fingerprint density at radius 3 is 2.55 bits per heavy atom. The smallest absolute Gasteiger partial charge is 0.342 e. The van der Waals surface area contributed by atoms with Gasteiger partial charge in [0.15, 0.2) is 6.29 Å². The molecule has 0 aromatic heterocycles. The molecule has 1 aromatic carbocycles. The molecule has 0 saturated carbocycles. The zero-order valence-electron chi connectivity index (χ0n) is 11.8. The number of benzene rings is 1. The highest BCUT2D eigenvalue weighted by Crippen LogP contribution is 2.07. The van der Waals surface area contributed by atoms with Crippen molar-refractivity contribution < 1.29 is 14.3 Å². The maximum absolute atomic E-state index is 11.4. The van der Waals surface area contributed by atoms with Crippen LogP contribution < -0.4 is 0 Å². The topological polar surface area (TPSA) is 46.6 Å². The summed E-state index contributed by atoms with van der Waals surface area (Å²) in [5, 5.41) is 0. The number of esters is 1. The highest BCUT2D eigenvalue weighted by atomic mass is 16.5. The van der Waals surface area contributed by atoms with Crippen LogP contribution in [0.4, 0.5) is 0 Å². The Morgan fingerprint density at radius 2 is 2.00 bits per heavy atom. The molecule has 0 aliphatic carbocycles. The van der Waals surface area contributed by atoms with Crippen LogP contribution in [-0.4, -0.2) is 30.8 Å². The second-order valence-electron chi connectivity index (χ2n) is 4.18. The second kappa shape index (κ2) is 8.69. The number of carbonyl (C=O) groups is 2. The fourth-order valence-electron chi connectivity index (χ4n) is 1.67. The van der Waals surface area contributed by atoms with Gasteiger partial charge in [0.25, 0.3) is 0 Å². The van der Waals surface area contributed by atoms with Crippen molar-refractivity contribution in [3.63, 3.8) is 0 Å². The molecule has 0 saturated heterocycles. The van der Waals surface area contributed by atoms with Gasteiger partial charge in [-0.05, 0) is 12.5 Å². The fourth-order valence-corrected chi connectivity index (χ4v) is 1.67. The third-order valence-corrected chi connectivity index (χ3v) is 2.67. The highest BCUT2D eigenvalue weighted by molar-refractivity contribution is 6.07. The van der Waals surface area contributed by atoms with Crippen LogP contribution >= 0.6 is 0 Å². The molecular weight excluding hydrogens is 254 g/mol. The van der Waals surface area contributed by atoms with Crippen molar-refractivity contribution in [3.05, 3.63) is 59.8 Å². The molecule has 1 rings (SSSR count). The number of aldehydes is 1. The molecule has 0 heterocycles. The molecule has 0 N–H and O–H groups in total. The van der Waals surface area contributed by atoms with Gasteiger partial charge in [-0.15, -0.1) is 0 Å². The van der Waals surface area contributed by atoms with Crippen molar-refractivity contribution in [1.29, 1.82) is 0 Å². The number of allylic oxidation sites excluding steroid dienone is 1. The minimum Gasteiger partial charge on any atom is -0.465 e. The minimum atomic E-state index is -0.626. The van der Waals surface area contributed by atoms with Crippen LogP contribution in [0.25, 0.3) is 0 Å². The van der Waals surface area contributed by atoms with Gasteiger partial charge in [0.05, 0.1) is 7.11 Å². The lowest BCUT2D eigenvalue weighted by Gasteiger charge is -2.19. The van der Waals surface area contributed by atoms with Gasteiger partial charge in [-0.2, -0.15) is 0 Å². The summed E-state index contributed by atoms with van der Waals surface area (Å²) < 4.78 is 4.58. The summed E-state index contributed by atoms with van der Waals surface area (Å²) in [4.78, 5) is 24.3. The molecule has 0 amide bonds. The van der Waals surface area contributed by atoms with Crippen LogP contribution in [0, 0.1) is 0 Å². The van der Waals surface area contributed by atoms with E-state index in [4.69, 9.17) is 0 Å². The van der Waals surface area contributed by atoms with Gasteiger partial charge in [0.2, 0.25) is 0 Å². The van der Waals surface area contributed by atoms with E-state index in [-0.39, 0.29) is 5.57 Å². The summed E-state index contributed by atoms with van der Waals surface area (Å²) in [6.07, 6.45) is 5.93. The van der Waals surface area contributed by atoms with Crippen molar-refractivity contribution in [2.45, 2.75) is 13.5 Å². The molecule has 4 nitrogen and oxygen atoms in total. The zero-order valence-corrected chi connectivity index (χ0v) is 11.8. The first kappa shape index (κ1) is 15.7. The number of carbonyl (C=O) groups excluding carboxylic acids is 2. The Balaban J connectivity index is 2.90. The van der Waals surface area contributed by atoms with Crippen LogP contribution in [0.3, 0.4) is 0 Å². The lowest BCUT2D eigenvalue weighted by molar-refractivity contribution is -0.136. The maximum atomic E-state index is 11.4. The Hall–Kier alpha value is -2.36. The first-order valence-corrected chi connectivity index (χ1v) is 6.35. The van der Waals surface area contributed by atoms with E-state index < -0.39 is 5.97 Å². The third-order valence-electron chi connectivity index (χ3n) is 2.67. The summed E-state index contributed by atoms with van der Waals surface area (Å²) in [6.45, 7) is 3.14. The van der Waals surface area contributed by atoms with Gasteiger partial charge in [0.1, 0.15) is 5.57 Å². The van der Waals surface area contributed by atoms with E-state index in [1.807, 2.05) is 54.3 Å². The van der Waals surface area contributed by atoms with Gasteiger partial charge in [-0.3, -0.25) is 4.79 Å². The van der Waals surface area contributed by atoms with Crippen LogP contribution in [-0.2, 0) is 20.9 Å². The zero-order chi connectivity index (χ0) is 14.8. The fraction of sp³-hybridized carbons (Fsp3) is 0.250. The summed E-state index contributed by atoms with van der Waals surface area (Å²) in [5.74, 6) is -0.626. The van der Waals surface area contributed by atoms with E-state index in [1.165, 1.54) is 13.3 Å². The largest absolute Gasteiger partial charge is 0.465 e. The molecule has 0 radical (unpaired) electrons. The van der Waals surface area contributed by atoms with E-state index in [0.717, 1.165) is 5.56 Å². The van der Waals surface area contributed by atoms with Crippen molar-refractivity contribution in [2.24, 2.45) is 0 Å². The molecule has 4 heteroatoms. The highest BCUT2D eigenvalue weighted by Gasteiger charge is 2.10. The maximum Gasteiger partial charge on any atom is 0.342 e. The van der Waals surface area contributed by atoms with Gasteiger partial charge in [-0.25, -0.2) is 4.79 Å². The Labute approximate surface area is 119 Å². The molecule has 0 fully saturated rings. The summed E-state index contributed by atoms with van der Waals surface area (Å²) in [7, 11) is 1.26. The standard InChI is InChI=1S/C16H19NO3/c1-3-4-10-17(11-14-8-6-5-7-9-14)12-15(13-18)16(19)20-2/h3-9,12-13H,10-11H2,1-2H3/b4-3-,15-12+. The number of ether oxygens (including phenoxy) is 1. The van der Waals surface area contributed by atoms with Gasteiger partial charge >= 0.3 is 5.97 Å². The lowest BCUT2D eigenvalue weighted by Crippen LogP contribution is -2.20. The molecule has 0 spiro atoms. The molecule has 106 valence electrons. The second-order valence-corrected chi connectivity index (χ2v) is 4.18. The predicted molar refractivity (Wildman–Crippen MR) is 77.8 cm³/mol. The average Bonchev–Trinajstić information content (AvgIpc) is 2.50. The SMILES string of the molecule is C/C=C\CN(/C=C(\C=O)C(=O)OC)Cc1ccccc1. The van der Waals surface area contributed by atoms with Crippen LogP contribution in [0.15, 0.2) is 54.3 Å². The molecule has 0 aliphatic heterocycles. The van der Waals surface area contributed by atoms with E-state index in [2.05, 4.69) is 4.74 Å². The van der Waals surface area contributed by atoms with Crippen molar-refractivity contribution in [3.8, 4) is 0 Å². The van der Waals surface area contributed by atoms with E-state index in [0.29, 0.717) is 19.4 Å². The van der Waals surface area contributed by atoms with Gasteiger partial charge < -0.3 is 9.64 Å². The quantitative estimate of drug-likeness (QED) is 0.191. The molecule has 20 heavy (non-hydrogen) atoms. The van der Waals surface area contributed by atoms with E-state index in [1.54, 1.807) is 0 Å². The van der Waals surface area contributed by atoms with Gasteiger partial charge in [-0.1, -0.05) is 42.5 Å². The summed E-state index contributed by atoms with van der Waals surface area (Å²) in [6, 6.07) is 9.84. The molecular formula is C16H19NO3. The Bertz CT molecular complexity index is 492. The van der Waals surface area contributed by atoms with Gasteiger partial charge in [0, 0.05) is 19.3 Å². The lowest BCUT2D eigenvalue weighted by atomic mass is 10.2. The molecule has 0 bridgehead atoms. The van der Waals surface area contributed by atoms with Crippen LogP contribution in [0.2, 0.25) is 0 Å². The molecule has 1 aromatic rings. The van der Waals surface area contributed by atoms with Crippen LogP contribution in [0.5, 0.6) is 0 Å². The molecule has 0 unspecified atom stereocenters. The monoisotopic (exact) mass is 273 g/mol. The normalized spacial score (nSPS) is 11.4. The first-order chi connectivity index (χ1) is 9.71. The van der Waals surface area contributed by atoms with Crippen molar-refractivity contribution >= 4 is 12.3 Å². The first-order valence-electron chi connectivity index (χ1n) is 6.35. The molecule has 0 aliphatic rings. The number of methoxy groups -OCH3 is 1. The summed E-state index contributed by atoms with van der Waals surface area (Å²) in [5.41, 5.74) is 1.11.